The van der Waals surface area contributed by atoms with Crippen LogP contribution in [0.1, 0.15) is 0 Å². The first-order chi connectivity index (χ1) is 15.4. The molecule has 3 heterocycles. The Morgan fingerprint density at radius 1 is 0.485 bits per heavy atom. The van der Waals surface area contributed by atoms with E-state index < -0.39 is 10.8 Å². The summed E-state index contributed by atoms with van der Waals surface area (Å²) in [4.78, 5) is 0. The van der Waals surface area contributed by atoms with Crippen LogP contribution in [0.25, 0.3) is 32.7 Å². The average Bonchev–Trinajstić information content (AvgIpc) is 3.53. The van der Waals surface area contributed by atoms with Gasteiger partial charge in [0.2, 0.25) is 0 Å². The van der Waals surface area contributed by atoms with E-state index in [1.54, 1.807) is 0 Å². The Morgan fingerprint density at radius 3 is 0.970 bits per heavy atom. The minimum absolute atomic E-state index is 0. The van der Waals surface area contributed by atoms with Crippen LogP contribution in [0.2, 0.25) is 0 Å². The number of fused-ring (bicyclic) bond motifs is 3. The molecule has 3 aromatic heterocycles. The predicted molar refractivity (Wildman–Crippen MR) is 135 cm³/mol. The first-order valence-electron chi connectivity index (χ1n) is 9.08. The molecular formula is C21H20Cl4N6ORu. The predicted octanol–water partition coefficient (Wildman–Crippen LogP) is 6.62. The molecule has 6 rings (SSSR count). The number of aromatic nitrogens is 6. The van der Waals surface area contributed by atoms with E-state index in [1.165, 1.54) is 0 Å². The second-order valence-electron chi connectivity index (χ2n) is 6.17. The zero-order valence-electron chi connectivity index (χ0n) is 16.9. The molecule has 33 heavy (non-hydrogen) atoms. The van der Waals surface area contributed by atoms with Gasteiger partial charge in [0.1, 0.15) is 0 Å². The van der Waals surface area contributed by atoms with Crippen LogP contribution in [0, 0.1) is 0 Å². The minimum Gasteiger partial charge on any atom is -0.278 e. The maximum Gasteiger partial charge on any atom is 0.0650 e. The van der Waals surface area contributed by atoms with Crippen molar-refractivity contribution in [3.05, 3.63) is 91.4 Å². The molecule has 0 fully saturated rings. The normalized spacial score (nSPS) is 10.7. The van der Waals surface area contributed by atoms with Crippen LogP contribution in [0.4, 0.5) is 0 Å². The molecule has 0 radical (unpaired) electrons. The van der Waals surface area contributed by atoms with Crippen molar-refractivity contribution in [2.75, 3.05) is 0 Å². The summed E-state index contributed by atoms with van der Waals surface area (Å²) in [5.74, 6) is 0. The molecule has 0 aliphatic heterocycles. The second kappa shape index (κ2) is 13.5. The molecule has 7 nitrogen and oxygen atoms in total. The fraction of sp³-hybridized carbons (Fsp3) is 0. The van der Waals surface area contributed by atoms with Gasteiger partial charge in [0, 0.05) is 16.2 Å². The zero-order chi connectivity index (χ0) is 22.8. The molecule has 0 amide bonds. The standard InChI is InChI=1S/3C7H6N2.4ClH.H2O.Ru/c3*1-2-4-7-6(3-1)5-8-9-7;;;;;;/h3*1-5H,(H,8,9);4*1H;1H2;/q;;;;;;;;+4/p-4. The zero-order valence-corrected chi connectivity index (χ0v) is 21.6. The van der Waals surface area contributed by atoms with Crippen molar-refractivity contribution < 1.29 is 16.3 Å². The van der Waals surface area contributed by atoms with Gasteiger partial charge >= 0.3 is 49.6 Å². The summed E-state index contributed by atoms with van der Waals surface area (Å²) in [7, 11) is 17.0. The van der Waals surface area contributed by atoms with E-state index in [0.717, 1.165) is 32.7 Å². The first kappa shape index (κ1) is 27.1. The topological polar surface area (TPSA) is 118 Å². The molecule has 5 N–H and O–H groups in total. The van der Waals surface area contributed by atoms with E-state index in [0.29, 0.717) is 0 Å². The number of H-pyrrole nitrogens is 3. The van der Waals surface area contributed by atoms with Gasteiger partial charge in [-0.1, -0.05) is 54.6 Å². The third kappa shape index (κ3) is 9.68. The third-order valence-corrected chi connectivity index (χ3v) is 4.05. The summed E-state index contributed by atoms with van der Waals surface area (Å²) in [6.45, 7) is 0. The molecule has 6 aromatic rings. The number of benzene rings is 3. The number of rotatable bonds is 0. The largest absolute Gasteiger partial charge is 0.278 e. The van der Waals surface area contributed by atoms with Gasteiger partial charge in [0.25, 0.3) is 0 Å². The van der Waals surface area contributed by atoms with Crippen molar-refractivity contribution in [2.45, 2.75) is 0 Å². The van der Waals surface area contributed by atoms with Crippen LogP contribution in [0.15, 0.2) is 91.4 Å². The van der Waals surface area contributed by atoms with Crippen molar-refractivity contribution >= 4 is 71.5 Å². The monoisotopic (exact) mass is 614 g/mol. The number of nitrogens with zero attached hydrogens (tertiary/aromatic N) is 3. The summed E-state index contributed by atoms with van der Waals surface area (Å²) >= 11 is 0. The quantitative estimate of drug-likeness (QED) is 0.167. The van der Waals surface area contributed by atoms with E-state index in [4.69, 9.17) is 38.8 Å². The molecule has 0 aliphatic rings. The fourth-order valence-electron chi connectivity index (χ4n) is 2.65. The molecule has 0 saturated carbocycles. The molecule has 176 valence electrons. The molecule has 0 saturated heterocycles. The van der Waals surface area contributed by atoms with E-state index in [9.17, 15) is 0 Å². The van der Waals surface area contributed by atoms with Gasteiger partial charge in [-0.25, -0.2) is 0 Å². The van der Waals surface area contributed by atoms with Gasteiger partial charge in [-0.3, -0.25) is 15.3 Å². The van der Waals surface area contributed by atoms with Gasteiger partial charge in [0.05, 0.1) is 35.1 Å². The van der Waals surface area contributed by atoms with Gasteiger partial charge in [-0.15, -0.1) is 0 Å². The number of halogens is 4. The molecule has 12 heteroatoms. The van der Waals surface area contributed by atoms with Crippen LogP contribution in [0.3, 0.4) is 0 Å². The Bertz CT molecular complexity index is 1110. The molecule has 0 bridgehead atoms. The summed E-state index contributed by atoms with van der Waals surface area (Å²) in [5, 5.41) is 23.7. The summed E-state index contributed by atoms with van der Waals surface area (Å²) in [6, 6.07) is 24.0. The first-order valence-corrected chi connectivity index (χ1v) is 18.0. The van der Waals surface area contributed by atoms with Crippen LogP contribution < -0.4 is 0 Å². The number of aromatic amines is 3. The fourth-order valence-corrected chi connectivity index (χ4v) is 2.65. The molecular weight excluding hydrogens is 595 g/mol. The molecule has 0 atom stereocenters. The summed E-state index contributed by atoms with van der Waals surface area (Å²) < 4.78 is 0. The van der Waals surface area contributed by atoms with E-state index >= 15 is 0 Å². The number of hydrogen-bond acceptors (Lipinski definition) is 3. The average molecular weight is 615 g/mol. The molecule has 3 aromatic carbocycles. The van der Waals surface area contributed by atoms with Crippen molar-refractivity contribution in [2.24, 2.45) is 0 Å². The number of hydrogen-bond donors (Lipinski definition) is 3. The van der Waals surface area contributed by atoms with Crippen LogP contribution in [-0.2, 0) is 10.8 Å². The van der Waals surface area contributed by atoms with Gasteiger partial charge in [0.15, 0.2) is 0 Å². The Hall–Kier alpha value is -2.19. The van der Waals surface area contributed by atoms with Gasteiger partial charge in [-0.05, 0) is 18.2 Å². The van der Waals surface area contributed by atoms with Crippen LogP contribution in [0.5, 0.6) is 0 Å². The third-order valence-electron chi connectivity index (χ3n) is 4.05. The van der Waals surface area contributed by atoms with Crippen molar-refractivity contribution in [1.29, 1.82) is 0 Å². The Balaban J connectivity index is 0.000000158. The minimum atomic E-state index is -2.97. The summed E-state index contributed by atoms with van der Waals surface area (Å²) in [6.07, 6.45) is 5.44. The van der Waals surface area contributed by atoms with Gasteiger partial charge < -0.3 is 5.48 Å². The number of nitrogens with one attached hydrogen (secondary N) is 3. The van der Waals surface area contributed by atoms with E-state index in [2.05, 4.69) is 30.6 Å². The van der Waals surface area contributed by atoms with Crippen molar-refractivity contribution in [3.8, 4) is 0 Å². The van der Waals surface area contributed by atoms with Crippen LogP contribution in [-0.4, -0.2) is 36.1 Å². The maximum absolute atomic E-state index is 5.00. The van der Waals surface area contributed by atoms with Crippen molar-refractivity contribution in [1.82, 2.24) is 30.6 Å². The van der Waals surface area contributed by atoms with Gasteiger partial charge in [-0.2, -0.15) is 15.3 Å². The van der Waals surface area contributed by atoms with Crippen LogP contribution >= 0.6 is 38.8 Å². The van der Waals surface area contributed by atoms with E-state index in [-0.39, 0.29) is 5.48 Å². The molecule has 0 unspecified atom stereocenters. The SMILES string of the molecule is O.[Cl][Ru]([Cl])([Cl])[Cl].c1ccc2[nH]ncc2c1.c1ccc2[nH]ncc2c1.c1ccc2[nH]ncc2c1. The summed E-state index contributed by atoms with van der Waals surface area (Å²) in [5.41, 5.74) is 3.28. The number of para-hydroxylation sites is 3. The van der Waals surface area contributed by atoms with Crippen molar-refractivity contribution in [3.63, 3.8) is 0 Å². The molecule has 0 aliphatic carbocycles. The smallest absolute Gasteiger partial charge is 0.0650 e. The Kier molecular flexibility index (Phi) is 11.1. The maximum atomic E-state index is 5.00. The Morgan fingerprint density at radius 2 is 0.727 bits per heavy atom. The Labute approximate surface area is 208 Å². The van der Waals surface area contributed by atoms with E-state index in [1.807, 2.05) is 91.4 Å². The molecule has 0 spiro atoms. The second-order valence-corrected chi connectivity index (χ2v) is 22.0.